The molecule has 1 aliphatic heterocycles. The Hall–Kier alpha value is -3.00. The molecule has 0 spiro atoms. The van der Waals surface area contributed by atoms with E-state index < -0.39 is 17.7 Å². The van der Waals surface area contributed by atoms with Crippen LogP contribution in [-0.4, -0.2) is 43.6 Å². The molecule has 6 nitrogen and oxygen atoms in total. The third-order valence-electron chi connectivity index (χ3n) is 4.56. The molecule has 28 heavy (non-hydrogen) atoms. The fourth-order valence-electron chi connectivity index (χ4n) is 2.96. The van der Waals surface area contributed by atoms with Crippen LogP contribution in [-0.2, 0) is 11.3 Å². The number of amides is 3. The van der Waals surface area contributed by atoms with Crippen LogP contribution in [0.3, 0.4) is 0 Å². The van der Waals surface area contributed by atoms with Gasteiger partial charge < -0.3 is 20.3 Å². The molecule has 1 saturated heterocycles. The van der Waals surface area contributed by atoms with Gasteiger partial charge in [0.2, 0.25) is 0 Å². The summed E-state index contributed by atoms with van der Waals surface area (Å²) in [6.07, 6.45) is -0.513. The molecule has 1 atom stereocenters. The molecular formula is C20H21F2N3O3. The van der Waals surface area contributed by atoms with E-state index in [0.29, 0.717) is 30.8 Å². The topological polar surface area (TPSA) is 70.7 Å². The normalized spacial score (nSPS) is 16.5. The molecule has 1 fully saturated rings. The number of rotatable bonds is 4. The third-order valence-corrected chi connectivity index (χ3v) is 4.56. The fourth-order valence-corrected chi connectivity index (χ4v) is 2.96. The standard InChI is InChI=1S/C20H21F2N3O3/c1-23-19(26)14-4-2-13(3-5-14)11-24-20(27)25-8-9-28-18(12-25)15-6-7-16(21)17(22)10-15/h2-7,10,18H,8-9,11-12H2,1H3,(H,23,26)(H,24,27). The van der Waals surface area contributed by atoms with Crippen molar-refractivity contribution in [1.82, 2.24) is 15.5 Å². The van der Waals surface area contributed by atoms with Gasteiger partial charge in [0, 0.05) is 25.7 Å². The van der Waals surface area contributed by atoms with Crippen LogP contribution in [0.25, 0.3) is 0 Å². The van der Waals surface area contributed by atoms with Gasteiger partial charge in [-0.25, -0.2) is 13.6 Å². The Morgan fingerprint density at radius 1 is 1.14 bits per heavy atom. The predicted octanol–water partition coefficient (Wildman–Crippen LogP) is 2.61. The highest BCUT2D eigenvalue weighted by atomic mass is 19.2. The molecule has 1 heterocycles. The first-order valence-corrected chi connectivity index (χ1v) is 8.88. The summed E-state index contributed by atoms with van der Waals surface area (Å²) >= 11 is 0. The minimum absolute atomic E-state index is 0.174. The molecule has 2 aromatic carbocycles. The lowest BCUT2D eigenvalue weighted by atomic mass is 10.1. The highest BCUT2D eigenvalue weighted by Crippen LogP contribution is 2.23. The second-order valence-corrected chi connectivity index (χ2v) is 6.41. The Balaban J connectivity index is 1.56. The van der Waals surface area contributed by atoms with Crippen LogP contribution >= 0.6 is 0 Å². The van der Waals surface area contributed by atoms with Crippen molar-refractivity contribution in [1.29, 1.82) is 0 Å². The summed E-state index contributed by atoms with van der Waals surface area (Å²) in [7, 11) is 1.56. The van der Waals surface area contributed by atoms with Gasteiger partial charge in [0.25, 0.3) is 5.91 Å². The number of hydrogen-bond acceptors (Lipinski definition) is 3. The summed E-state index contributed by atoms with van der Waals surface area (Å²) < 4.78 is 32.2. The van der Waals surface area contributed by atoms with Crippen LogP contribution < -0.4 is 10.6 Å². The molecule has 0 aromatic heterocycles. The van der Waals surface area contributed by atoms with Crippen LogP contribution in [0.15, 0.2) is 42.5 Å². The van der Waals surface area contributed by atoms with Gasteiger partial charge in [-0.2, -0.15) is 0 Å². The molecule has 148 valence electrons. The number of carbonyl (C=O) groups is 2. The lowest BCUT2D eigenvalue weighted by Gasteiger charge is -2.33. The first-order chi connectivity index (χ1) is 13.5. The maximum Gasteiger partial charge on any atom is 0.317 e. The number of benzene rings is 2. The number of nitrogens with one attached hydrogen (secondary N) is 2. The maximum atomic E-state index is 13.5. The zero-order chi connectivity index (χ0) is 20.1. The van der Waals surface area contributed by atoms with Crippen LogP contribution in [0, 0.1) is 11.6 Å². The number of nitrogens with zero attached hydrogens (tertiary/aromatic N) is 1. The Labute approximate surface area is 161 Å². The van der Waals surface area contributed by atoms with Crippen LogP contribution in [0.2, 0.25) is 0 Å². The molecule has 0 saturated carbocycles. The molecular weight excluding hydrogens is 368 g/mol. The first-order valence-electron chi connectivity index (χ1n) is 8.88. The van der Waals surface area contributed by atoms with E-state index in [1.165, 1.54) is 6.07 Å². The molecule has 1 unspecified atom stereocenters. The predicted molar refractivity (Wildman–Crippen MR) is 98.7 cm³/mol. The second kappa shape index (κ2) is 8.79. The first kappa shape index (κ1) is 19.8. The molecule has 3 rings (SSSR count). The Morgan fingerprint density at radius 2 is 1.89 bits per heavy atom. The van der Waals surface area contributed by atoms with Crippen LogP contribution in [0.5, 0.6) is 0 Å². The lowest BCUT2D eigenvalue weighted by molar-refractivity contribution is -0.0156. The van der Waals surface area contributed by atoms with Crippen molar-refractivity contribution in [3.05, 3.63) is 70.8 Å². The monoisotopic (exact) mass is 389 g/mol. The lowest BCUT2D eigenvalue weighted by Crippen LogP contribution is -2.47. The van der Waals surface area contributed by atoms with Gasteiger partial charge in [-0.15, -0.1) is 0 Å². The van der Waals surface area contributed by atoms with Crippen molar-refractivity contribution in [2.75, 3.05) is 26.7 Å². The van der Waals surface area contributed by atoms with Gasteiger partial charge in [-0.1, -0.05) is 18.2 Å². The van der Waals surface area contributed by atoms with E-state index >= 15 is 0 Å². The van der Waals surface area contributed by atoms with E-state index in [1.54, 1.807) is 36.2 Å². The summed E-state index contributed by atoms with van der Waals surface area (Å²) in [6, 6.07) is 10.3. The number of halogens is 2. The highest BCUT2D eigenvalue weighted by molar-refractivity contribution is 5.93. The molecule has 1 aliphatic rings. The van der Waals surface area contributed by atoms with Crippen LogP contribution in [0.4, 0.5) is 13.6 Å². The van der Waals surface area contributed by atoms with Crippen molar-refractivity contribution in [3.8, 4) is 0 Å². The Bertz CT molecular complexity index is 858. The maximum absolute atomic E-state index is 13.5. The van der Waals surface area contributed by atoms with Gasteiger partial charge in [0.1, 0.15) is 6.10 Å². The van der Waals surface area contributed by atoms with Gasteiger partial charge in [-0.3, -0.25) is 4.79 Å². The van der Waals surface area contributed by atoms with Crippen molar-refractivity contribution in [2.24, 2.45) is 0 Å². The van der Waals surface area contributed by atoms with Crippen LogP contribution in [0.1, 0.15) is 27.6 Å². The van der Waals surface area contributed by atoms with Crippen molar-refractivity contribution in [3.63, 3.8) is 0 Å². The van der Waals surface area contributed by atoms with Gasteiger partial charge in [-0.05, 0) is 35.4 Å². The van der Waals surface area contributed by atoms with Gasteiger partial charge in [0.05, 0.1) is 13.2 Å². The molecule has 3 amide bonds. The minimum atomic E-state index is -0.942. The fraction of sp³-hybridized carbons (Fsp3) is 0.300. The summed E-state index contributed by atoms with van der Waals surface area (Å²) in [4.78, 5) is 25.6. The number of morpholine rings is 1. The molecule has 8 heteroatoms. The quantitative estimate of drug-likeness (QED) is 0.845. The average molecular weight is 389 g/mol. The molecule has 0 bridgehead atoms. The van der Waals surface area contributed by atoms with E-state index in [2.05, 4.69) is 10.6 Å². The molecule has 2 aromatic rings. The largest absolute Gasteiger partial charge is 0.370 e. The third kappa shape index (κ3) is 4.64. The summed E-state index contributed by atoms with van der Waals surface area (Å²) in [5.41, 5.74) is 1.88. The van der Waals surface area contributed by atoms with Gasteiger partial charge >= 0.3 is 6.03 Å². The molecule has 0 aliphatic carbocycles. The number of hydrogen-bond donors (Lipinski definition) is 2. The van der Waals surface area contributed by atoms with E-state index in [0.717, 1.165) is 17.7 Å². The van der Waals surface area contributed by atoms with Crippen molar-refractivity contribution >= 4 is 11.9 Å². The molecule has 2 N–H and O–H groups in total. The number of ether oxygens (including phenoxy) is 1. The summed E-state index contributed by atoms with van der Waals surface area (Å²) in [5.74, 6) is -2.04. The smallest absolute Gasteiger partial charge is 0.317 e. The SMILES string of the molecule is CNC(=O)c1ccc(CNC(=O)N2CCOC(c3ccc(F)c(F)c3)C2)cc1. The number of carbonyl (C=O) groups excluding carboxylic acids is 2. The Morgan fingerprint density at radius 3 is 2.57 bits per heavy atom. The van der Waals surface area contributed by atoms with E-state index in [-0.39, 0.29) is 18.5 Å². The van der Waals surface area contributed by atoms with Gasteiger partial charge in [0.15, 0.2) is 11.6 Å². The zero-order valence-corrected chi connectivity index (χ0v) is 15.4. The highest BCUT2D eigenvalue weighted by Gasteiger charge is 2.26. The molecule has 0 radical (unpaired) electrons. The zero-order valence-electron chi connectivity index (χ0n) is 15.4. The number of urea groups is 1. The van der Waals surface area contributed by atoms with Crippen molar-refractivity contribution < 1.29 is 23.1 Å². The van der Waals surface area contributed by atoms with E-state index in [9.17, 15) is 18.4 Å². The summed E-state index contributed by atoms with van der Waals surface area (Å²) in [6.45, 7) is 1.26. The second-order valence-electron chi connectivity index (χ2n) is 6.41. The minimum Gasteiger partial charge on any atom is -0.370 e. The summed E-state index contributed by atoms with van der Waals surface area (Å²) in [5, 5.41) is 5.37. The van der Waals surface area contributed by atoms with Crippen molar-refractivity contribution in [2.45, 2.75) is 12.6 Å². The Kier molecular flexibility index (Phi) is 6.20. The average Bonchev–Trinajstić information content (AvgIpc) is 2.73. The van der Waals surface area contributed by atoms with E-state index in [1.807, 2.05) is 0 Å². The van der Waals surface area contributed by atoms with E-state index in [4.69, 9.17) is 4.74 Å².